The number of aliphatic hydroxyl groups excluding tert-OH is 2. The van der Waals surface area contributed by atoms with Crippen molar-refractivity contribution < 1.29 is 14.9 Å². The van der Waals surface area contributed by atoms with Gasteiger partial charge in [0, 0.05) is 0 Å². The van der Waals surface area contributed by atoms with Crippen molar-refractivity contribution >= 4 is 0 Å². The van der Waals surface area contributed by atoms with Gasteiger partial charge in [-0.1, -0.05) is 6.08 Å². The maximum absolute atomic E-state index is 9.18. The van der Waals surface area contributed by atoms with E-state index in [2.05, 4.69) is 6.58 Å². The minimum Gasteiger partial charge on any atom is -0.388 e. The molecule has 0 amide bonds. The van der Waals surface area contributed by atoms with Gasteiger partial charge in [-0.2, -0.15) is 0 Å². The van der Waals surface area contributed by atoms with Gasteiger partial charge in [-0.3, -0.25) is 0 Å². The van der Waals surface area contributed by atoms with Gasteiger partial charge < -0.3 is 14.9 Å². The van der Waals surface area contributed by atoms with Crippen LogP contribution in [0.15, 0.2) is 12.7 Å². The SMILES string of the molecule is C=C[C@H]1O[C@@H](C)C(O)[C@H]1O. The lowest BCUT2D eigenvalue weighted by atomic mass is 10.1. The van der Waals surface area contributed by atoms with Crippen molar-refractivity contribution in [2.45, 2.75) is 31.3 Å². The van der Waals surface area contributed by atoms with Gasteiger partial charge in [0.2, 0.25) is 0 Å². The van der Waals surface area contributed by atoms with Gasteiger partial charge in [0.05, 0.1) is 6.10 Å². The fourth-order valence-electron chi connectivity index (χ4n) is 1.08. The fraction of sp³-hybridized carbons (Fsp3) is 0.714. The highest BCUT2D eigenvalue weighted by atomic mass is 16.5. The summed E-state index contributed by atoms with van der Waals surface area (Å²) in [7, 11) is 0. The van der Waals surface area contributed by atoms with Crippen molar-refractivity contribution in [2.24, 2.45) is 0 Å². The van der Waals surface area contributed by atoms with Crippen LogP contribution in [0.4, 0.5) is 0 Å². The molecule has 3 nitrogen and oxygen atoms in total. The van der Waals surface area contributed by atoms with Crippen molar-refractivity contribution in [1.29, 1.82) is 0 Å². The van der Waals surface area contributed by atoms with Gasteiger partial charge in [-0.15, -0.1) is 6.58 Å². The Kier molecular flexibility index (Phi) is 2.08. The zero-order chi connectivity index (χ0) is 7.72. The van der Waals surface area contributed by atoms with Crippen molar-refractivity contribution in [3.05, 3.63) is 12.7 Å². The highest BCUT2D eigenvalue weighted by Crippen LogP contribution is 2.20. The van der Waals surface area contributed by atoms with Crippen molar-refractivity contribution in [1.82, 2.24) is 0 Å². The first-order valence-electron chi connectivity index (χ1n) is 3.31. The molecule has 3 heteroatoms. The van der Waals surface area contributed by atoms with Gasteiger partial charge >= 0.3 is 0 Å². The first kappa shape index (κ1) is 7.72. The average Bonchev–Trinajstić information content (AvgIpc) is 2.17. The molecule has 0 saturated carbocycles. The molecule has 0 bridgehead atoms. The van der Waals surface area contributed by atoms with E-state index in [0.717, 1.165) is 0 Å². The Bertz CT molecular complexity index is 135. The summed E-state index contributed by atoms with van der Waals surface area (Å²) in [4.78, 5) is 0. The molecule has 1 fully saturated rings. The van der Waals surface area contributed by atoms with Gasteiger partial charge in [0.1, 0.15) is 18.3 Å². The topological polar surface area (TPSA) is 49.7 Å². The summed E-state index contributed by atoms with van der Waals surface area (Å²) in [5.41, 5.74) is 0. The Labute approximate surface area is 59.9 Å². The second-order valence-electron chi connectivity index (χ2n) is 2.52. The fourth-order valence-corrected chi connectivity index (χ4v) is 1.08. The van der Waals surface area contributed by atoms with E-state index in [1.807, 2.05) is 0 Å². The van der Waals surface area contributed by atoms with Gasteiger partial charge in [0.15, 0.2) is 0 Å². The van der Waals surface area contributed by atoms with Crippen LogP contribution in [-0.4, -0.2) is 34.6 Å². The predicted molar refractivity (Wildman–Crippen MR) is 36.5 cm³/mol. The standard InChI is InChI=1S/C7H12O3/c1-3-5-7(9)6(8)4(2)10-5/h3-9H,1H2,2H3/t4-,5+,6?,7-/m0/s1. The van der Waals surface area contributed by atoms with E-state index in [4.69, 9.17) is 9.84 Å². The van der Waals surface area contributed by atoms with Crippen LogP contribution in [0.25, 0.3) is 0 Å². The number of hydrogen-bond donors (Lipinski definition) is 2. The van der Waals surface area contributed by atoms with E-state index in [0.29, 0.717) is 0 Å². The molecule has 1 saturated heterocycles. The molecule has 1 heterocycles. The van der Waals surface area contributed by atoms with E-state index in [1.54, 1.807) is 6.92 Å². The zero-order valence-corrected chi connectivity index (χ0v) is 5.90. The van der Waals surface area contributed by atoms with Gasteiger partial charge in [-0.25, -0.2) is 0 Å². The molecule has 2 N–H and O–H groups in total. The monoisotopic (exact) mass is 144 g/mol. The molecule has 0 aliphatic carbocycles. The zero-order valence-electron chi connectivity index (χ0n) is 5.90. The number of ether oxygens (including phenoxy) is 1. The molecule has 1 unspecified atom stereocenters. The second-order valence-corrected chi connectivity index (χ2v) is 2.52. The van der Waals surface area contributed by atoms with Crippen LogP contribution in [0, 0.1) is 0 Å². The van der Waals surface area contributed by atoms with E-state index in [-0.39, 0.29) is 6.10 Å². The van der Waals surface area contributed by atoms with Crippen LogP contribution < -0.4 is 0 Å². The van der Waals surface area contributed by atoms with E-state index >= 15 is 0 Å². The number of aliphatic hydroxyl groups is 2. The van der Waals surface area contributed by atoms with Crippen molar-refractivity contribution in [2.75, 3.05) is 0 Å². The Hall–Kier alpha value is -0.380. The highest BCUT2D eigenvalue weighted by Gasteiger charge is 2.38. The van der Waals surface area contributed by atoms with Crippen LogP contribution in [0.1, 0.15) is 6.92 Å². The number of rotatable bonds is 1. The lowest BCUT2D eigenvalue weighted by molar-refractivity contribution is 0.0316. The van der Waals surface area contributed by atoms with Crippen molar-refractivity contribution in [3.8, 4) is 0 Å². The van der Waals surface area contributed by atoms with Crippen LogP contribution in [0.2, 0.25) is 0 Å². The molecule has 0 spiro atoms. The first-order chi connectivity index (χ1) is 4.66. The predicted octanol–water partition coefficient (Wildman–Crippen LogP) is -0.319. The largest absolute Gasteiger partial charge is 0.388 e. The average molecular weight is 144 g/mol. The summed E-state index contributed by atoms with van der Waals surface area (Å²) in [5, 5.41) is 18.3. The molecule has 1 aliphatic rings. The van der Waals surface area contributed by atoms with E-state index in [9.17, 15) is 5.11 Å². The van der Waals surface area contributed by atoms with E-state index in [1.165, 1.54) is 6.08 Å². The maximum atomic E-state index is 9.18. The molecule has 1 rings (SSSR count). The molecule has 4 atom stereocenters. The summed E-state index contributed by atoms with van der Waals surface area (Å²) in [6.45, 7) is 5.19. The van der Waals surface area contributed by atoms with Gasteiger partial charge in [0.25, 0.3) is 0 Å². The van der Waals surface area contributed by atoms with Gasteiger partial charge in [-0.05, 0) is 6.92 Å². The maximum Gasteiger partial charge on any atom is 0.112 e. The summed E-state index contributed by atoms with van der Waals surface area (Å²) < 4.78 is 5.12. The minimum absolute atomic E-state index is 0.294. The first-order valence-corrected chi connectivity index (χ1v) is 3.31. The Balaban J connectivity index is 2.61. The molecular formula is C7H12O3. The lowest BCUT2D eigenvalue weighted by Gasteiger charge is -2.08. The number of hydrogen-bond acceptors (Lipinski definition) is 3. The highest BCUT2D eigenvalue weighted by molar-refractivity contribution is 4.97. The summed E-state index contributed by atoms with van der Waals surface area (Å²) in [5.74, 6) is 0. The quantitative estimate of drug-likeness (QED) is 0.496. The molecular weight excluding hydrogens is 132 g/mol. The summed E-state index contributed by atoms with van der Waals surface area (Å²) in [6.07, 6.45) is -0.796. The van der Waals surface area contributed by atoms with Crippen LogP contribution in [0.3, 0.4) is 0 Å². The molecule has 0 aromatic rings. The summed E-state index contributed by atoms with van der Waals surface area (Å²) in [6, 6.07) is 0. The van der Waals surface area contributed by atoms with Crippen molar-refractivity contribution in [3.63, 3.8) is 0 Å². The summed E-state index contributed by atoms with van der Waals surface area (Å²) >= 11 is 0. The molecule has 0 radical (unpaired) electrons. The Morgan fingerprint density at radius 3 is 2.20 bits per heavy atom. The van der Waals surface area contributed by atoms with E-state index < -0.39 is 18.3 Å². The molecule has 0 aromatic heterocycles. The third-order valence-electron chi connectivity index (χ3n) is 1.77. The third-order valence-corrected chi connectivity index (χ3v) is 1.77. The van der Waals surface area contributed by atoms with Crippen LogP contribution in [-0.2, 0) is 4.74 Å². The lowest BCUT2D eigenvalue weighted by Crippen LogP contribution is -2.30. The minimum atomic E-state index is -0.813. The normalized spacial score (nSPS) is 47.5. The Morgan fingerprint density at radius 2 is 2.00 bits per heavy atom. The smallest absolute Gasteiger partial charge is 0.112 e. The third kappa shape index (κ3) is 1.08. The Morgan fingerprint density at radius 1 is 1.40 bits per heavy atom. The second kappa shape index (κ2) is 2.70. The molecule has 0 aromatic carbocycles. The van der Waals surface area contributed by atoms with Crippen LogP contribution >= 0.6 is 0 Å². The molecule has 58 valence electrons. The van der Waals surface area contributed by atoms with Crippen LogP contribution in [0.5, 0.6) is 0 Å². The molecule has 1 aliphatic heterocycles. The molecule has 10 heavy (non-hydrogen) atoms.